The van der Waals surface area contributed by atoms with Crippen LogP contribution in [0.15, 0.2) is 18.5 Å². The maximum Gasteiger partial charge on any atom is 0.417 e. The summed E-state index contributed by atoms with van der Waals surface area (Å²) in [6.07, 6.45) is -1.93. The highest BCUT2D eigenvalue weighted by molar-refractivity contribution is 6.33. The molecule has 0 saturated heterocycles. The molecule has 0 aliphatic heterocycles. The van der Waals surface area contributed by atoms with Gasteiger partial charge in [-0.15, -0.1) is 0 Å². The number of hydrogen-bond donors (Lipinski definition) is 0. The maximum atomic E-state index is 12.4. The van der Waals surface area contributed by atoms with Gasteiger partial charge in [-0.2, -0.15) is 13.2 Å². The fourth-order valence-electron chi connectivity index (χ4n) is 1.32. The molecule has 0 atom stereocenters. The van der Waals surface area contributed by atoms with Gasteiger partial charge >= 0.3 is 6.18 Å². The van der Waals surface area contributed by atoms with Crippen LogP contribution in [0.2, 0.25) is 5.02 Å². The molecule has 0 N–H and O–H groups in total. The van der Waals surface area contributed by atoms with E-state index in [1.165, 1.54) is 10.6 Å². The first-order valence-corrected chi connectivity index (χ1v) is 5.48. The number of aryl methyl sites for hydroxylation is 1. The Hall–Kier alpha value is -1.23. The Morgan fingerprint density at radius 1 is 1.29 bits per heavy atom. The zero-order valence-corrected chi connectivity index (χ0v) is 10.4. The van der Waals surface area contributed by atoms with Crippen LogP contribution in [0.4, 0.5) is 13.2 Å². The van der Waals surface area contributed by atoms with E-state index in [2.05, 4.69) is 4.98 Å². The normalized spacial score (nSPS) is 11.2. The molecule has 2 rings (SSSR count). The molecule has 2 nitrogen and oxygen atoms in total. The van der Waals surface area contributed by atoms with E-state index >= 15 is 0 Å². The molecule has 2 aromatic heterocycles. The van der Waals surface area contributed by atoms with Crippen LogP contribution in [0.25, 0.3) is 5.65 Å². The van der Waals surface area contributed by atoms with Crippen molar-refractivity contribution in [2.45, 2.75) is 26.9 Å². The minimum absolute atomic E-state index is 0.00192. The lowest BCUT2D eigenvalue weighted by atomic mass is 10.3. The summed E-state index contributed by atoms with van der Waals surface area (Å²) in [5, 5.41) is -0.00192. The minimum Gasteiger partial charge on any atom is -0.303 e. The highest BCUT2D eigenvalue weighted by atomic mass is 35.5. The molecule has 2 aromatic rings. The molecule has 94 valence electrons. The summed E-state index contributed by atoms with van der Waals surface area (Å²) >= 11 is 5.70. The van der Waals surface area contributed by atoms with Gasteiger partial charge in [0.1, 0.15) is 0 Å². The topological polar surface area (TPSA) is 17.3 Å². The van der Waals surface area contributed by atoms with Gasteiger partial charge in [0.2, 0.25) is 0 Å². The molecule has 2 heterocycles. The molecular weight excluding hydrogens is 253 g/mol. The Morgan fingerprint density at radius 2 is 1.88 bits per heavy atom. The van der Waals surface area contributed by atoms with E-state index in [-0.39, 0.29) is 5.02 Å². The quantitative estimate of drug-likeness (QED) is 0.692. The van der Waals surface area contributed by atoms with E-state index in [0.29, 0.717) is 11.3 Å². The van der Waals surface area contributed by atoms with Gasteiger partial charge in [0.15, 0.2) is 5.65 Å². The second-order valence-electron chi connectivity index (χ2n) is 3.17. The lowest BCUT2D eigenvalue weighted by Crippen LogP contribution is -2.07. The van der Waals surface area contributed by atoms with Crippen molar-refractivity contribution in [3.8, 4) is 0 Å². The van der Waals surface area contributed by atoms with Crippen molar-refractivity contribution >= 4 is 17.2 Å². The van der Waals surface area contributed by atoms with Crippen LogP contribution in [0.1, 0.15) is 25.1 Å². The SMILES string of the molecule is CC.Cc1cnc2c(Cl)cc(C(F)(F)F)cn12. The van der Waals surface area contributed by atoms with Crippen LogP contribution in [0, 0.1) is 6.92 Å². The number of nitrogens with zero attached hydrogens (tertiary/aromatic N) is 2. The number of fused-ring (bicyclic) bond motifs is 1. The number of pyridine rings is 1. The lowest BCUT2D eigenvalue weighted by Gasteiger charge is -2.08. The number of halogens is 4. The second kappa shape index (κ2) is 4.96. The zero-order valence-electron chi connectivity index (χ0n) is 9.64. The molecule has 0 unspecified atom stereocenters. The average molecular weight is 265 g/mol. The van der Waals surface area contributed by atoms with Gasteiger partial charge in [-0.25, -0.2) is 4.98 Å². The Bertz CT molecular complexity index is 517. The molecule has 6 heteroatoms. The third-order valence-corrected chi connectivity index (χ3v) is 2.35. The predicted molar refractivity (Wildman–Crippen MR) is 61.3 cm³/mol. The van der Waals surface area contributed by atoms with Crippen LogP contribution < -0.4 is 0 Å². The lowest BCUT2D eigenvalue weighted by molar-refractivity contribution is -0.137. The van der Waals surface area contributed by atoms with Crippen LogP contribution >= 0.6 is 11.6 Å². The second-order valence-corrected chi connectivity index (χ2v) is 3.57. The summed E-state index contributed by atoms with van der Waals surface area (Å²) in [5.41, 5.74) is 0.168. The van der Waals surface area contributed by atoms with Crippen molar-refractivity contribution in [2.24, 2.45) is 0 Å². The highest BCUT2D eigenvalue weighted by Crippen LogP contribution is 2.32. The predicted octanol–water partition coefficient (Wildman–Crippen LogP) is 4.34. The molecule has 0 spiro atoms. The Balaban J connectivity index is 0.000000686. The molecule has 0 amide bonds. The van der Waals surface area contributed by atoms with E-state index in [9.17, 15) is 13.2 Å². The molecule has 0 radical (unpaired) electrons. The van der Waals surface area contributed by atoms with Crippen LogP contribution in [-0.4, -0.2) is 9.38 Å². The summed E-state index contributed by atoms with van der Waals surface area (Å²) in [4.78, 5) is 3.90. The van der Waals surface area contributed by atoms with E-state index < -0.39 is 11.7 Å². The van der Waals surface area contributed by atoms with Gasteiger partial charge in [-0.3, -0.25) is 0 Å². The molecule has 0 saturated carbocycles. The largest absolute Gasteiger partial charge is 0.417 e. The Morgan fingerprint density at radius 3 is 2.41 bits per heavy atom. The van der Waals surface area contributed by atoms with Crippen molar-refractivity contribution in [1.29, 1.82) is 0 Å². The first-order valence-electron chi connectivity index (χ1n) is 5.10. The molecule has 0 aliphatic rings. The van der Waals surface area contributed by atoms with Crippen molar-refractivity contribution in [3.05, 3.63) is 34.7 Å². The van der Waals surface area contributed by atoms with Gasteiger partial charge in [-0.05, 0) is 13.0 Å². The molecule has 0 aliphatic carbocycles. The number of rotatable bonds is 0. The van der Waals surface area contributed by atoms with Gasteiger partial charge in [0, 0.05) is 18.1 Å². The van der Waals surface area contributed by atoms with E-state index in [4.69, 9.17) is 11.6 Å². The third-order valence-electron chi connectivity index (χ3n) is 2.07. The van der Waals surface area contributed by atoms with E-state index in [0.717, 1.165) is 12.3 Å². The highest BCUT2D eigenvalue weighted by Gasteiger charge is 2.31. The van der Waals surface area contributed by atoms with Gasteiger partial charge < -0.3 is 4.40 Å². The number of aromatic nitrogens is 2. The zero-order chi connectivity index (χ0) is 13.2. The van der Waals surface area contributed by atoms with Crippen molar-refractivity contribution < 1.29 is 13.2 Å². The monoisotopic (exact) mass is 264 g/mol. The van der Waals surface area contributed by atoms with Crippen LogP contribution in [0.3, 0.4) is 0 Å². The number of hydrogen-bond acceptors (Lipinski definition) is 1. The van der Waals surface area contributed by atoms with Gasteiger partial charge in [0.25, 0.3) is 0 Å². The molecule has 0 fully saturated rings. The minimum atomic E-state index is -4.39. The van der Waals surface area contributed by atoms with Crippen molar-refractivity contribution in [1.82, 2.24) is 9.38 Å². The van der Waals surface area contributed by atoms with Gasteiger partial charge in [-0.1, -0.05) is 25.4 Å². The van der Waals surface area contributed by atoms with Gasteiger partial charge in [0.05, 0.1) is 10.6 Å². The van der Waals surface area contributed by atoms with Crippen LogP contribution in [-0.2, 0) is 6.18 Å². The summed E-state index contributed by atoms with van der Waals surface area (Å²) in [6, 6.07) is 0.878. The molecule has 0 bridgehead atoms. The molecule has 17 heavy (non-hydrogen) atoms. The summed E-state index contributed by atoms with van der Waals surface area (Å²) < 4.78 is 38.6. The Labute approximate surface area is 102 Å². The smallest absolute Gasteiger partial charge is 0.303 e. The third kappa shape index (κ3) is 2.72. The maximum absolute atomic E-state index is 12.4. The number of imidazole rings is 1. The van der Waals surface area contributed by atoms with Crippen molar-refractivity contribution in [2.75, 3.05) is 0 Å². The first kappa shape index (κ1) is 13.8. The summed E-state index contributed by atoms with van der Waals surface area (Å²) in [6.45, 7) is 5.66. The fraction of sp³-hybridized carbons (Fsp3) is 0.364. The number of alkyl halides is 3. The van der Waals surface area contributed by atoms with E-state index in [1.807, 2.05) is 13.8 Å². The summed E-state index contributed by atoms with van der Waals surface area (Å²) in [5.74, 6) is 0. The average Bonchev–Trinajstić information content (AvgIpc) is 2.63. The first-order chi connectivity index (χ1) is 7.89. The van der Waals surface area contributed by atoms with E-state index in [1.54, 1.807) is 6.92 Å². The fourth-order valence-corrected chi connectivity index (χ4v) is 1.58. The molecular formula is C11H12ClF3N2. The van der Waals surface area contributed by atoms with Crippen LogP contribution in [0.5, 0.6) is 0 Å². The standard InChI is InChI=1S/C9H6ClF3N2.C2H6/c1-5-3-14-8-7(10)2-6(4-15(5)8)9(11,12)13;1-2/h2-4H,1H3;1-2H3. The summed E-state index contributed by atoms with van der Waals surface area (Å²) in [7, 11) is 0. The Kier molecular flexibility index (Phi) is 4.03. The molecule has 0 aromatic carbocycles. The van der Waals surface area contributed by atoms with Crippen molar-refractivity contribution in [3.63, 3.8) is 0 Å².